The van der Waals surface area contributed by atoms with E-state index >= 15 is 0 Å². The van der Waals surface area contributed by atoms with E-state index in [1.165, 1.54) is 12.1 Å². The molecule has 0 radical (unpaired) electrons. The zero-order chi connectivity index (χ0) is 29.7. The minimum absolute atomic E-state index is 0.0770. The smallest absolute Gasteiger partial charge is 0.317 e. The van der Waals surface area contributed by atoms with Gasteiger partial charge in [-0.05, 0) is 24.3 Å². The van der Waals surface area contributed by atoms with Gasteiger partial charge in [0.2, 0.25) is 0 Å². The van der Waals surface area contributed by atoms with E-state index in [1.54, 1.807) is 31.7 Å². The highest BCUT2D eigenvalue weighted by Gasteiger charge is 2.24. The Kier molecular flexibility index (Phi) is 13.4. The second-order valence-electron chi connectivity index (χ2n) is 9.94. The zero-order valence-corrected chi connectivity index (χ0v) is 22.3. The molecule has 0 amide bonds. The second-order valence-corrected chi connectivity index (χ2v) is 9.94. The Morgan fingerprint density at radius 1 is 0.675 bits per heavy atom. The van der Waals surface area contributed by atoms with Gasteiger partial charge in [-0.25, -0.2) is 0 Å². The molecule has 0 bridgehead atoms. The topological polar surface area (TPSA) is 205 Å². The van der Waals surface area contributed by atoms with Crippen molar-refractivity contribution in [3.05, 3.63) is 39.9 Å². The highest BCUT2D eigenvalue weighted by molar-refractivity contribution is 5.70. The highest BCUT2D eigenvalue weighted by atomic mass is 16.6. The Morgan fingerprint density at radius 3 is 1.43 bits per heavy atom. The molecule has 0 unspecified atom stereocenters. The van der Waals surface area contributed by atoms with E-state index < -0.39 is 28.8 Å². The quantitative estimate of drug-likeness (QED) is 0.200. The lowest BCUT2D eigenvalue weighted by molar-refractivity contribution is -0.384. The van der Waals surface area contributed by atoms with Crippen molar-refractivity contribution in [3.63, 3.8) is 0 Å². The van der Waals surface area contributed by atoms with Crippen LogP contribution in [0.15, 0.2) is 24.3 Å². The maximum atomic E-state index is 11.6. The van der Waals surface area contributed by atoms with Gasteiger partial charge in [-0.15, -0.1) is 0 Å². The molecule has 1 saturated heterocycles. The second kappa shape index (κ2) is 16.4. The molecule has 15 heteroatoms. The monoisotopic (exact) mass is 567 g/mol. The standard InChI is InChI=1S/C25H37N5O10/c31-22(32)15-26-6-1-7-27(16-23(33)34)9-11-29(18-25(37)38)14-20(13-28(10-8-26)17-24(35)36)12-19-2-4-21(5-3-19)30(39)40/h2-5,20H,1,6-18H2,(H,31,32)(H,33,34)(H,35,36)(H,37,38). The molecule has 0 spiro atoms. The number of hydrogen-bond donors (Lipinski definition) is 4. The summed E-state index contributed by atoms with van der Waals surface area (Å²) in [6.45, 7) is 1.12. The van der Waals surface area contributed by atoms with Gasteiger partial charge in [-0.3, -0.25) is 48.9 Å². The van der Waals surface area contributed by atoms with Crippen molar-refractivity contribution < 1.29 is 44.5 Å². The van der Waals surface area contributed by atoms with Crippen LogP contribution in [0.2, 0.25) is 0 Å². The van der Waals surface area contributed by atoms with E-state index in [1.807, 2.05) is 0 Å². The maximum absolute atomic E-state index is 11.6. The van der Waals surface area contributed by atoms with E-state index in [4.69, 9.17) is 0 Å². The summed E-state index contributed by atoms with van der Waals surface area (Å²) in [7, 11) is 0. The minimum Gasteiger partial charge on any atom is -0.480 e. The number of carboxylic acids is 4. The van der Waals surface area contributed by atoms with Crippen LogP contribution in [0, 0.1) is 16.0 Å². The molecule has 0 saturated carbocycles. The first-order valence-corrected chi connectivity index (χ1v) is 12.9. The fourth-order valence-corrected chi connectivity index (χ4v) is 4.86. The third-order valence-corrected chi connectivity index (χ3v) is 6.55. The molecule has 1 aromatic rings. The van der Waals surface area contributed by atoms with E-state index in [2.05, 4.69) is 0 Å². The number of carbonyl (C=O) groups is 4. The van der Waals surface area contributed by atoms with Gasteiger partial charge in [0.1, 0.15) is 0 Å². The summed E-state index contributed by atoms with van der Waals surface area (Å²) in [6, 6.07) is 5.96. The van der Waals surface area contributed by atoms with Gasteiger partial charge in [0.05, 0.1) is 31.1 Å². The highest BCUT2D eigenvalue weighted by Crippen LogP contribution is 2.17. The molecular formula is C25H37N5O10. The third-order valence-electron chi connectivity index (χ3n) is 6.55. The normalized spacial score (nSPS) is 18.1. The molecule has 222 valence electrons. The van der Waals surface area contributed by atoms with Crippen molar-refractivity contribution in [1.82, 2.24) is 19.6 Å². The first kappa shape index (κ1) is 32.6. The summed E-state index contributed by atoms with van der Waals surface area (Å²) < 4.78 is 0. The average molecular weight is 568 g/mol. The van der Waals surface area contributed by atoms with Gasteiger partial charge in [0.15, 0.2) is 0 Å². The van der Waals surface area contributed by atoms with Crippen molar-refractivity contribution in [2.45, 2.75) is 12.8 Å². The first-order valence-electron chi connectivity index (χ1n) is 12.9. The zero-order valence-electron chi connectivity index (χ0n) is 22.3. The van der Waals surface area contributed by atoms with Crippen LogP contribution in [0.5, 0.6) is 0 Å². The summed E-state index contributed by atoms with van der Waals surface area (Å²) in [5.41, 5.74) is 0.675. The molecule has 0 aromatic heterocycles. The first-order chi connectivity index (χ1) is 18.9. The Hall–Kier alpha value is -3.66. The Bertz CT molecular complexity index is 972. The molecule has 0 atom stereocenters. The average Bonchev–Trinajstić information content (AvgIpc) is 2.83. The predicted octanol–water partition coefficient (Wildman–Crippen LogP) is -0.296. The number of aliphatic carboxylic acids is 4. The largest absolute Gasteiger partial charge is 0.480 e. The molecule has 1 aromatic carbocycles. The van der Waals surface area contributed by atoms with Gasteiger partial charge < -0.3 is 20.4 Å². The van der Waals surface area contributed by atoms with Crippen molar-refractivity contribution in [3.8, 4) is 0 Å². The SMILES string of the molecule is O=C(O)CN1CCCN(CC(=O)O)CCN(CC(=O)O)CC(Cc2ccc([N+](=O)[O-])cc2)CN(CC(=O)O)CC1. The van der Waals surface area contributed by atoms with Crippen LogP contribution in [0.4, 0.5) is 5.69 Å². The lowest BCUT2D eigenvalue weighted by atomic mass is 9.97. The molecule has 40 heavy (non-hydrogen) atoms. The van der Waals surface area contributed by atoms with Crippen LogP contribution in [0.3, 0.4) is 0 Å². The predicted molar refractivity (Wildman–Crippen MR) is 141 cm³/mol. The van der Waals surface area contributed by atoms with Gasteiger partial charge in [0, 0.05) is 64.5 Å². The number of non-ortho nitro benzene ring substituents is 1. The van der Waals surface area contributed by atoms with Gasteiger partial charge in [0.25, 0.3) is 5.69 Å². The molecule has 1 fully saturated rings. The summed E-state index contributed by atoms with van der Waals surface area (Å²) >= 11 is 0. The molecule has 1 aliphatic heterocycles. The molecule has 1 heterocycles. The summed E-state index contributed by atoms with van der Waals surface area (Å²) in [4.78, 5) is 63.4. The number of benzene rings is 1. The lowest BCUT2D eigenvalue weighted by Gasteiger charge is -2.34. The van der Waals surface area contributed by atoms with Crippen molar-refractivity contribution in [1.29, 1.82) is 0 Å². The Labute approximate surface area is 231 Å². The maximum Gasteiger partial charge on any atom is 0.317 e. The molecule has 1 aliphatic rings. The van der Waals surface area contributed by atoms with Crippen LogP contribution in [-0.4, -0.2) is 147 Å². The van der Waals surface area contributed by atoms with Gasteiger partial charge in [-0.2, -0.15) is 0 Å². The fraction of sp³-hybridized carbons (Fsp3) is 0.600. The van der Waals surface area contributed by atoms with Crippen LogP contribution in [-0.2, 0) is 25.6 Å². The minimum atomic E-state index is -1.06. The molecule has 0 aliphatic carbocycles. The van der Waals surface area contributed by atoms with Crippen molar-refractivity contribution >= 4 is 29.6 Å². The number of rotatable bonds is 11. The summed E-state index contributed by atoms with van der Waals surface area (Å²) in [6.07, 6.45) is 0.850. The van der Waals surface area contributed by atoms with Crippen LogP contribution >= 0.6 is 0 Å². The molecular weight excluding hydrogens is 530 g/mol. The van der Waals surface area contributed by atoms with E-state index in [0.717, 1.165) is 5.56 Å². The van der Waals surface area contributed by atoms with E-state index in [0.29, 0.717) is 25.9 Å². The number of nitro groups is 1. The molecule has 4 N–H and O–H groups in total. The van der Waals surface area contributed by atoms with E-state index in [-0.39, 0.29) is 77.1 Å². The van der Waals surface area contributed by atoms with Crippen LogP contribution < -0.4 is 0 Å². The number of nitrogens with zero attached hydrogens (tertiary/aromatic N) is 5. The summed E-state index contributed by atoms with van der Waals surface area (Å²) in [5.74, 6) is -4.48. The van der Waals surface area contributed by atoms with Gasteiger partial charge >= 0.3 is 23.9 Å². The number of hydrogen-bond acceptors (Lipinski definition) is 10. The lowest BCUT2D eigenvalue weighted by Crippen LogP contribution is -2.47. The fourth-order valence-electron chi connectivity index (χ4n) is 4.86. The van der Waals surface area contributed by atoms with Crippen molar-refractivity contribution in [2.24, 2.45) is 5.92 Å². The molecule has 2 rings (SSSR count). The summed E-state index contributed by atoms with van der Waals surface area (Å²) in [5, 5.41) is 48.8. The Balaban J connectivity index is 2.37. The van der Waals surface area contributed by atoms with Crippen LogP contribution in [0.1, 0.15) is 12.0 Å². The van der Waals surface area contributed by atoms with E-state index in [9.17, 15) is 49.7 Å². The third kappa shape index (κ3) is 12.9. The number of carboxylic acid groups (broad SMARTS) is 4. The Morgan fingerprint density at radius 2 is 1.05 bits per heavy atom. The van der Waals surface area contributed by atoms with Crippen molar-refractivity contribution in [2.75, 3.05) is 78.5 Å². The number of nitro benzene ring substituents is 1. The van der Waals surface area contributed by atoms with Gasteiger partial charge in [-0.1, -0.05) is 12.1 Å². The van der Waals surface area contributed by atoms with Crippen LogP contribution in [0.25, 0.3) is 0 Å². The molecule has 15 nitrogen and oxygen atoms in total.